The number of pyridine rings is 1. The summed E-state index contributed by atoms with van der Waals surface area (Å²) in [6.45, 7) is 0. The molecule has 2 aromatic heterocycles. The summed E-state index contributed by atoms with van der Waals surface area (Å²) in [6, 6.07) is 11.2. The molecule has 17 heavy (non-hydrogen) atoms. The minimum absolute atomic E-state index is 0.242. The highest BCUT2D eigenvalue weighted by atomic mass is 19.4. The van der Waals surface area contributed by atoms with E-state index in [-0.39, 0.29) is 5.39 Å². The maximum atomic E-state index is 12.8. The number of hydrogen-bond acceptors (Lipinski definition) is 0. The van der Waals surface area contributed by atoms with Gasteiger partial charge in [-0.1, -0.05) is 12.1 Å². The number of hydrogen-bond donors (Lipinski definition) is 0. The molecule has 0 aliphatic heterocycles. The van der Waals surface area contributed by atoms with E-state index in [1.165, 1.54) is 6.07 Å². The van der Waals surface area contributed by atoms with E-state index in [4.69, 9.17) is 0 Å². The van der Waals surface area contributed by atoms with Gasteiger partial charge in [-0.2, -0.15) is 13.2 Å². The maximum absolute atomic E-state index is 12.8. The Bertz CT molecular complexity index is 695. The Balaban J connectivity index is 2.48. The zero-order valence-corrected chi connectivity index (χ0v) is 8.70. The summed E-state index contributed by atoms with van der Waals surface area (Å²) in [5.74, 6) is 0. The largest absolute Gasteiger partial charge is 0.417 e. The third kappa shape index (κ3) is 1.48. The van der Waals surface area contributed by atoms with E-state index in [0.717, 1.165) is 11.6 Å². The summed E-state index contributed by atoms with van der Waals surface area (Å²) < 4.78 is 40.3. The molecule has 2 heterocycles. The van der Waals surface area contributed by atoms with Crippen molar-refractivity contribution in [3.8, 4) is 0 Å². The van der Waals surface area contributed by atoms with Crippen LogP contribution < -0.4 is 0 Å². The highest BCUT2D eigenvalue weighted by Crippen LogP contribution is 2.35. The molecular weight excluding hydrogens is 227 g/mol. The van der Waals surface area contributed by atoms with Gasteiger partial charge in [-0.15, -0.1) is 0 Å². The van der Waals surface area contributed by atoms with Crippen molar-refractivity contribution >= 4 is 16.4 Å². The zero-order valence-electron chi connectivity index (χ0n) is 8.70. The number of halogens is 3. The Morgan fingerprint density at radius 1 is 0.941 bits per heavy atom. The molecule has 0 atom stereocenters. The van der Waals surface area contributed by atoms with Gasteiger partial charge in [-0.05, 0) is 30.3 Å². The van der Waals surface area contributed by atoms with Crippen LogP contribution in [0.5, 0.6) is 0 Å². The van der Waals surface area contributed by atoms with Gasteiger partial charge in [-0.3, -0.25) is 0 Å². The van der Waals surface area contributed by atoms with E-state index in [1.807, 2.05) is 6.07 Å². The lowest BCUT2D eigenvalue weighted by atomic mass is 10.1. The normalized spacial score (nSPS) is 12.4. The van der Waals surface area contributed by atoms with Gasteiger partial charge in [0.2, 0.25) is 0 Å². The van der Waals surface area contributed by atoms with Crippen molar-refractivity contribution in [2.75, 3.05) is 0 Å². The molecule has 0 amide bonds. The SMILES string of the molecule is FC(F)(F)c1cccc2c1cc1ccccn12. The number of aromatic nitrogens is 1. The van der Waals surface area contributed by atoms with E-state index in [9.17, 15) is 13.2 Å². The lowest BCUT2D eigenvalue weighted by Gasteiger charge is -2.07. The van der Waals surface area contributed by atoms with Gasteiger partial charge >= 0.3 is 6.18 Å². The molecule has 0 aliphatic carbocycles. The molecule has 0 saturated heterocycles. The van der Waals surface area contributed by atoms with Gasteiger partial charge in [0.15, 0.2) is 0 Å². The van der Waals surface area contributed by atoms with Crippen molar-refractivity contribution in [3.63, 3.8) is 0 Å². The molecule has 0 spiro atoms. The van der Waals surface area contributed by atoms with Crippen molar-refractivity contribution in [2.24, 2.45) is 0 Å². The van der Waals surface area contributed by atoms with Crippen LogP contribution in [0.2, 0.25) is 0 Å². The van der Waals surface area contributed by atoms with Gasteiger partial charge in [0.25, 0.3) is 0 Å². The third-order valence-electron chi connectivity index (χ3n) is 2.83. The summed E-state index contributed by atoms with van der Waals surface area (Å²) in [5.41, 5.74) is 0.758. The van der Waals surface area contributed by atoms with Crippen LogP contribution in [0, 0.1) is 0 Å². The van der Waals surface area contributed by atoms with Crippen molar-refractivity contribution in [3.05, 3.63) is 54.2 Å². The van der Waals surface area contributed by atoms with Crippen molar-refractivity contribution < 1.29 is 13.2 Å². The monoisotopic (exact) mass is 235 g/mol. The van der Waals surface area contributed by atoms with Crippen molar-refractivity contribution in [2.45, 2.75) is 6.18 Å². The van der Waals surface area contributed by atoms with Gasteiger partial charge in [0.05, 0.1) is 11.1 Å². The number of rotatable bonds is 0. The van der Waals surface area contributed by atoms with Gasteiger partial charge in [0.1, 0.15) is 0 Å². The van der Waals surface area contributed by atoms with E-state index < -0.39 is 11.7 Å². The van der Waals surface area contributed by atoms with Crippen LogP contribution in [0.1, 0.15) is 5.56 Å². The number of nitrogens with zero attached hydrogens (tertiary/aromatic N) is 1. The van der Waals surface area contributed by atoms with E-state index in [0.29, 0.717) is 5.52 Å². The molecule has 0 saturated carbocycles. The fraction of sp³-hybridized carbons (Fsp3) is 0.0769. The molecular formula is C13H8F3N. The first-order valence-corrected chi connectivity index (χ1v) is 5.13. The topological polar surface area (TPSA) is 4.41 Å². The minimum atomic E-state index is -4.32. The Morgan fingerprint density at radius 3 is 2.53 bits per heavy atom. The average molecular weight is 235 g/mol. The highest BCUT2D eigenvalue weighted by molar-refractivity contribution is 5.90. The molecule has 1 nitrogen and oxygen atoms in total. The number of fused-ring (bicyclic) bond motifs is 3. The molecule has 0 radical (unpaired) electrons. The Labute approximate surface area is 95.1 Å². The predicted octanol–water partition coefficient (Wildman–Crippen LogP) is 4.11. The summed E-state index contributed by atoms with van der Waals surface area (Å²) in [5, 5.41) is 0.242. The quantitative estimate of drug-likeness (QED) is 0.552. The van der Waals surface area contributed by atoms with Crippen LogP contribution in [0.3, 0.4) is 0 Å². The first-order chi connectivity index (χ1) is 8.07. The lowest BCUT2D eigenvalue weighted by Crippen LogP contribution is -2.04. The Hall–Kier alpha value is -1.97. The fourth-order valence-electron chi connectivity index (χ4n) is 2.10. The number of alkyl halides is 3. The smallest absolute Gasteiger partial charge is 0.317 e. The van der Waals surface area contributed by atoms with E-state index in [2.05, 4.69) is 0 Å². The molecule has 0 N–H and O–H groups in total. The molecule has 86 valence electrons. The zero-order chi connectivity index (χ0) is 12.0. The van der Waals surface area contributed by atoms with Gasteiger partial charge in [-0.25, -0.2) is 0 Å². The van der Waals surface area contributed by atoms with Crippen molar-refractivity contribution in [1.29, 1.82) is 0 Å². The first-order valence-electron chi connectivity index (χ1n) is 5.13. The Kier molecular flexibility index (Phi) is 1.96. The molecule has 0 fully saturated rings. The molecule has 0 bridgehead atoms. The predicted molar refractivity (Wildman–Crippen MR) is 59.9 cm³/mol. The lowest BCUT2D eigenvalue weighted by molar-refractivity contribution is -0.136. The Morgan fingerprint density at radius 2 is 1.76 bits per heavy atom. The second-order valence-electron chi connectivity index (χ2n) is 3.88. The molecule has 0 unspecified atom stereocenters. The van der Waals surface area contributed by atoms with Crippen LogP contribution in [-0.2, 0) is 6.18 Å². The minimum Gasteiger partial charge on any atom is -0.317 e. The van der Waals surface area contributed by atoms with Crippen LogP contribution in [0.4, 0.5) is 13.2 Å². The highest BCUT2D eigenvalue weighted by Gasteiger charge is 2.32. The summed E-state index contributed by atoms with van der Waals surface area (Å²) in [7, 11) is 0. The van der Waals surface area contributed by atoms with E-state index >= 15 is 0 Å². The molecule has 4 heteroatoms. The molecule has 0 aliphatic rings. The summed E-state index contributed by atoms with van der Waals surface area (Å²) in [6.07, 6.45) is -2.55. The van der Waals surface area contributed by atoms with Crippen LogP contribution in [0.25, 0.3) is 16.4 Å². The van der Waals surface area contributed by atoms with Crippen LogP contribution in [-0.4, -0.2) is 4.40 Å². The average Bonchev–Trinajstić information content (AvgIpc) is 2.65. The summed E-state index contributed by atoms with van der Waals surface area (Å²) in [4.78, 5) is 0. The molecule has 3 rings (SSSR count). The number of benzene rings is 1. The molecule has 1 aromatic carbocycles. The van der Waals surface area contributed by atoms with E-state index in [1.54, 1.807) is 34.9 Å². The van der Waals surface area contributed by atoms with Gasteiger partial charge < -0.3 is 4.40 Å². The standard InChI is InChI=1S/C13H8F3N/c14-13(15,16)11-5-3-6-12-10(11)8-9-4-1-2-7-17(9)12/h1-8H. The summed E-state index contributed by atoms with van der Waals surface area (Å²) >= 11 is 0. The maximum Gasteiger partial charge on any atom is 0.417 e. The van der Waals surface area contributed by atoms with Crippen molar-refractivity contribution in [1.82, 2.24) is 4.40 Å². The van der Waals surface area contributed by atoms with Crippen LogP contribution in [0.15, 0.2) is 48.7 Å². The fourth-order valence-corrected chi connectivity index (χ4v) is 2.10. The van der Waals surface area contributed by atoms with Crippen LogP contribution >= 0.6 is 0 Å². The first kappa shape index (κ1) is 10.2. The second kappa shape index (κ2) is 3.26. The third-order valence-corrected chi connectivity index (χ3v) is 2.83. The molecule has 3 aromatic rings. The second-order valence-corrected chi connectivity index (χ2v) is 3.88. The van der Waals surface area contributed by atoms with Gasteiger partial charge in [0, 0.05) is 17.1 Å².